The van der Waals surface area contributed by atoms with Crippen LogP contribution in [0.25, 0.3) is 5.76 Å². The van der Waals surface area contributed by atoms with E-state index in [2.05, 4.69) is 0 Å². The predicted molar refractivity (Wildman–Crippen MR) is 127 cm³/mol. The third kappa shape index (κ3) is 5.02. The van der Waals surface area contributed by atoms with Gasteiger partial charge >= 0.3 is 0 Å². The van der Waals surface area contributed by atoms with E-state index in [0.29, 0.717) is 18.6 Å². The highest BCUT2D eigenvalue weighted by atomic mass is 32.2. The van der Waals surface area contributed by atoms with Crippen LogP contribution in [-0.2, 0) is 24.3 Å². The smallest absolute Gasteiger partial charge is 0.295 e. The summed E-state index contributed by atoms with van der Waals surface area (Å²) in [6.45, 7) is 0.541. The maximum atomic E-state index is 13.1. The van der Waals surface area contributed by atoms with Crippen LogP contribution < -0.4 is 4.74 Å². The van der Waals surface area contributed by atoms with Gasteiger partial charge in [0.1, 0.15) is 5.76 Å². The predicted octanol–water partition coefficient (Wildman–Crippen LogP) is 2.11. The maximum Gasteiger partial charge on any atom is 0.295 e. The van der Waals surface area contributed by atoms with E-state index in [0.717, 1.165) is 4.31 Å². The van der Waals surface area contributed by atoms with E-state index in [4.69, 9.17) is 9.47 Å². The molecule has 1 saturated heterocycles. The summed E-state index contributed by atoms with van der Waals surface area (Å²) >= 11 is 0. The fourth-order valence-electron chi connectivity index (χ4n) is 3.85. The van der Waals surface area contributed by atoms with Crippen LogP contribution in [0.5, 0.6) is 11.5 Å². The summed E-state index contributed by atoms with van der Waals surface area (Å²) in [7, 11) is 2.01. The van der Waals surface area contributed by atoms with Gasteiger partial charge in [0, 0.05) is 39.9 Å². The van der Waals surface area contributed by atoms with Gasteiger partial charge in [-0.15, -0.1) is 0 Å². The molecule has 35 heavy (non-hydrogen) atoms. The number of ether oxygens (including phenoxy) is 2. The fraction of sp³-hybridized carbons (Fsp3) is 0.333. The standard InChI is InChI=1S/C24H28N2O8S/c1-25(2)35(31,32)17-9-6-15(7-10-17)22(28)20-21(16-8-11-18(27)19(14-16)34-4)26(12-5-13-33-3)24(30)23(20)29/h6-11,14,21,27-28H,5,12-13H2,1-4H3/b22-20-. The molecule has 1 heterocycles. The number of carbonyl (C=O) groups excluding carboxylic acids is 2. The number of aliphatic hydroxyl groups excluding tert-OH is 1. The number of benzene rings is 2. The van der Waals surface area contributed by atoms with Crippen molar-refractivity contribution in [2.45, 2.75) is 17.4 Å². The molecule has 3 rings (SSSR count). The van der Waals surface area contributed by atoms with Crippen molar-refractivity contribution in [2.24, 2.45) is 0 Å². The Morgan fingerprint density at radius 2 is 1.74 bits per heavy atom. The van der Waals surface area contributed by atoms with Crippen LogP contribution in [0.4, 0.5) is 0 Å². The number of phenolic OH excluding ortho intramolecular Hbond substituents is 1. The van der Waals surface area contributed by atoms with Crippen LogP contribution in [-0.4, -0.2) is 81.0 Å². The average molecular weight is 505 g/mol. The van der Waals surface area contributed by atoms with Crippen LogP contribution in [0.1, 0.15) is 23.6 Å². The van der Waals surface area contributed by atoms with Crippen molar-refractivity contribution >= 4 is 27.5 Å². The van der Waals surface area contributed by atoms with Crippen molar-refractivity contribution in [1.29, 1.82) is 0 Å². The minimum atomic E-state index is -3.69. The van der Waals surface area contributed by atoms with Crippen LogP contribution in [0.15, 0.2) is 52.9 Å². The van der Waals surface area contributed by atoms with Gasteiger partial charge in [-0.3, -0.25) is 9.59 Å². The molecule has 1 atom stereocenters. The first-order valence-electron chi connectivity index (χ1n) is 10.7. The van der Waals surface area contributed by atoms with Gasteiger partial charge in [0.05, 0.1) is 23.6 Å². The van der Waals surface area contributed by atoms with Crippen molar-refractivity contribution in [3.63, 3.8) is 0 Å². The molecule has 188 valence electrons. The van der Waals surface area contributed by atoms with Gasteiger partial charge in [-0.25, -0.2) is 12.7 Å². The van der Waals surface area contributed by atoms with Crippen molar-refractivity contribution in [1.82, 2.24) is 9.21 Å². The topological polar surface area (TPSA) is 134 Å². The lowest BCUT2D eigenvalue weighted by Crippen LogP contribution is -2.31. The number of aromatic hydroxyl groups is 1. The molecule has 1 aliphatic heterocycles. The molecule has 0 bridgehead atoms. The largest absolute Gasteiger partial charge is 0.507 e. The molecule has 2 N–H and O–H groups in total. The molecule has 2 aromatic rings. The van der Waals surface area contributed by atoms with Gasteiger partial charge in [0.25, 0.3) is 11.7 Å². The summed E-state index contributed by atoms with van der Waals surface area (Å²) < 4.78 is 36.0. The molecule has 0 saturated carbocycles. The summed E-state index contributed by atoms with van der Waals surface area (Å²) in [5.41, 5.74) is 0.473. The number of methoxy groups -OCH3 is 2. The summed E-state index contributed by atoms with van der Waals surface area (Å²) in [6.07, 6.45) is 0.451. The molecule has 11 heteroatoms. The Labute approximate surface area is 204 Å². The second kappa shape index (κ2) is 10.5. The Kier molecular flexibility index (Phi) is 7.83. The summed E-state index contributed by atoms with van der Waals surface area (Å²) in [5.74, 6) is -2.08. The molecule has 1 unspecified atom stereocenters. The van der Waals surface area contributed by atoms with Crippen LogP contribution in [0.3, 0.4) is 0 Å². The number of Topliss-reactive ketones (excluding diaryl/α,β-unsaturated/α-hetero) is 1. The highest BCUT2D eigenvalue weighted by Gasteiger charge is 2.46. The number of carbonyl (C=O) groups is 2. The molecule has 1 amide bonds. The van der Waals surface area contributed by atoms with E-state index in [1.54, 1.807) is 0 Å². The zero-order valence-electron chi connectivity index (χ0n) is 19.9. The number of aliphatic hydroxyl groups is 1. The fourth-order valence-corrected chi connectivity index (χ4v) is 4.75. The first kappa shape index (κ1) is 26.2. The van der Waals surface area contributed by atoms with Gasteiger partial charge in [-0.05, 0) is 48.4 Å². The van der Waals surface area contributed by atoms with Crippen molar-refractivity contribution in [3.05, 3.63) is 59.2 Å². The van der Waals surface area contributed by atoms with Crippen molar-refractivity contribution in [2.75, 3.05) is 41.5 Å². The Morgan fingerprint density at radius 1 is 1.09 bits per heavy atom. The number of nitrogens with zero attached hydrogens (tertiary/aromatic N) is 2. The molecule has 0 aromatic heterocycles. The minimum absolute atomic E-state index is 0.0129. The van der Waals surface area contributed by atoms with Crippen LogP contribution >= 0.6 is 0 Å². The monoisotopic (exact) mass is 504 g/mol. The van der Waals surface area contributed by atoms with E-state index in [9.17, 15) is 28.2 Å². The van der Waals surface area contributed by atoms with E-state index < -0.39 is 33.5 Å². The highest BCUT2D eigenvalue weighted by molar-refractivity contribution is 7.89. The number of amides is 1. The molecular weight excluding hydrogens is 476 g/mol. The molecular formula is C24H28N2O8S. The summed E-state index contributed by atoms with van der Waals surface area (Å²) in [4.78, 5) is 27.3. The van der Waals surface area contributed by atoms with E-state index >= 15 is 0 Å². The van der Waals surface area contributed by atoms with E-state index in [1.807, 2.05) is 0 Å². The van der Waals surface area contributed by atoms with Gasteiger partial charge in [0.2, 0.25) is 10.0 Å². The molecule has 2 aromatic carbocycles. The normalized spacial score (nSPS) is 17.9. The first-order chi connectivity index (χ1) is 16.5. The van der Waals surface area contributed by atoms with Crippen molar-refractivity contribution in [3.8, 4) is 11.5 Å². The van der Waals surface area contributed by atoms with Gasteiger partial charge < -0.3 is 24.6 Å². The zero-order valence-corrected chi connectivity index (χ0v) is 20.7. The number of hydrogen-bond donors (Lipinski definition) is 2. The third-order valence-corrected chi connectivity index (χ3v) is 7.54. The summed E-state index contributed by atoms with van der Waals surface area (Å²) in [6, 6.07) is 8.84. The maximum absolute atomic E-state index is 13.1. The average Bonchev–Trinajstić information content (AvgIpc) is 3.09. The number of likely N-dealkylation sites (tertiary alicyclic amines) is 1. The number of phenols is 1. The molecule has 10 nitrogen and oxygen atoms in total. The Bertz CT molecular complexity index is 1250. The molecule has 0 spiro atoms. The van der Waals surface area contributed by atoms with Crippen LogP contribution in [0.2, 0.25) is 0 Å². The summed E-state index contributed by atoms with van der Waals surface area (Å²) in [5, 5.41) is 21.1. The Balaban J connectivity index is 2.14. The number of ketones is 1. The van der Waals surface area contributed by atoms with E-state index in [1.165, 1.54) is 75.7 Å². The molecule has 0 radical (unpaired) electrons. The van der Waals surface area contributed by atoms with E-state index in [-0.39, 0.29) is 34.1 Å². The van der Waals surface area contributed by atoms with Gasteiger partial charge in [0.15, 0.2) is 11.5 Å². The zero-order chi connectivity index (χ0) is 25.9. The quantitative estimate of drug-likeness (QED) is 0.230. The van der Waals surface area contributed by atoms with Gasteiger partial charge in [-0.1, -0.05) is 6.07 Å². The molecule has 0 aliphatic carbocycles. The van der Waals surface area contributed by atoms with Crippen molar-refractivity contribution < 1.29 is 37.7 Å². The first-order valence-corrected chi connectivity index (χ1v) is 12.2. The minimum Gasteiger partial charge on any atom is -0.507 e. The SMILES string of the molecule is COCCCN1C(=O)C(=O)/C(=C(\O)c2ccc(S(=O)(=O)N(C)C)cc2)C1c1ccc(O)c(OC)c1. The molecule has 1 aliphatic rings. The third-order valence-electron chi connectivity index (χ3n) is 5.71. The Morgan fingerprint density at radius 3 is 2.31 bits per heavy atom. The highest BCUT2D eigenvalue weighted by Crippen LogP contribution is 2.41. The lowest BCUT2D eigenvalue weighted by molar-refractivity contribution is -0.140. The lowest BCUT2D eigenvalue weighted by atomic mass is 9.95. The Hall–Kier alpha value is -3.41. The second-order valence-electron chi connectivity index (χ2n) is 8.08. The second-order valence-corrected chi connectivity index (χ2v) is 10.2. The number of sulfonamides is 1. The number of rotatable bonds is 9. The van der Waals surface area contributed by atoms with Crippen LogP contribution in [0, 0.1) is 0 Å². The molecule has 1 fully saturated rings. The van der Waals surface area contributed by atoms with Gasteiger partial charge in [-0.2, -0.15) is 0 Å². The lowest BCUT2D eigenvalue weighted by Gasteiger charge is -2.25. The number of hydrogen-bond acceptors (Lipinski definition) is 8.